The third-order valence-corrected chi connectivity index (χ3v) is 4.73. The second kappa shape index (κ2) is 6.67. The molecular formula is C21H20N2O3. The maximum atomic E-state index is 12.5. The number of aryl methyl sites for hydroxylation is 1. The lowest BCUT2D eigenvalue weighted by molar-refractivity contribution is -0.119. The van der Waals surface area contributed by atoms with Gasteiger partial charge in [-0.15, -0.1) is 0 Å². The molecule has 1 aliphatic heterocycles. The van der Waals surface area contributed by atoms with Crippen LogP contribution in [0.5, 0.6) is 0 Å². The van der Waals surface area contributed by atoms with Crippen molar-refractivity contribution in [2.45, 2.75) is 26.2 Å². The van der Waals surface area contributed by atoms with Crippen LogP contribution in [0.3, 0.4) is 0 Å². The number of carbonyl (C=O) groups is 2. The molecule has 3 aromatic rings. The molecule has 5 heteroatoms. The monoisotopic (exact) mass is 348 g/mol. The number of anilines is 2. The lowest BCUT2D eigenvalue weighted by atomic mass is 10.1. The second-order valence-corrected chi connectivity index (χ2v) is 6.61. The van der Waals surface area contributed by atoms with Crippen molar-refractivity contribution in [1.82, 2.24) is 0 Å². The van der Waals surface area contributed by atoms with Gasteiger partial charge in [-0.25, -0.2) is 0 Å². The summed E-state index contributed by atoms with van der Waals surface area (Å²) in [6.45, 7) is 2.70. The number of hydrogen-bond acceptors (Lipinski definition) is 3. The summed E-state index contributed by atoms with van der Waals surface area (Å²) in [6.07, 6.45) is 2.52. The number of nitrogens with one attached hydrogen (secondary N) is 1. The molecule has 2 aromatic carbocycles. The highest BCUT2D eigenvalue weighted by Gasteiger charge is 2.21. The molecule has 2 amide bonds. The van der Waals surface area contributed by atoms with E-state index in [0.717, 1.165) is 36.0 Å². The Labute approximate surface area is 151 Å². The minimum absolute atomic E-state index is 0.139. The molecule has 1 N–H and O–H groups in total. The minimum Gasteiger partial charge on any atom is -0.451 e. The fraction of sp³-hybridized carbons (Fsp3) is 0.238. The first kappa shape index (κ1) is 16.4. The van der Waals surface area contributed by atoms with Gasteiger partial charge >= 0.3 is 0 Å². The van der Waals surface area contributed by atoms with Crippen molar-refractivity contribution in [3.63, 3.8) is 0 Å². The first-order valence-corrected chi connectivity index (χ1v) is 8.83. The van der Waals surface area contributed by atoms with Crippen molar-refractivity contribution >= 4 is 34.2 Å². The number of carbonyl (C=O) groups excluding carboxylic acids is 2. The molecule has 132 valence electrons. The predicted octanol–water partition coefficient (Wildman–Crippen LogP) is 4.51. The van der Waals surface area contributed by atoms with Gasteiger partial charge in [-0.3, -0.25) is 9.59 Å². The van der Waals surface area contributed by atoms with Gasteiger partial charge in [0, 0.05) is 29.7 Å². The molecule has 1 aliphatic rings. The van der Waals surface area contributed by atoms with E-state index < -0.39 is 0 Å². The third-order valence-electron chi connectivity index (χ3n) is 4.73. The standard InChI is InChI=1S/C21H20N2O3/c1-14-9-10-16(13-17(14)23-11-5-4-8-20(23)24)22-21(25)19-12-15-6-2-3-7-18(15)26-19/h2-3,6-7,9-10,12-13H,4-5,8,11H2,1H3,(H,22,25). The quantitative estimate of drug-likeness (QED) is 0.757. The predicted molar refractivity (Wildman–Crippen MR) is 102 cm³/mol. The van der Waals surface area contributed by atoms with Crippen LogP contribution >= 0.6 is 0 Å². The Morgan fingerprint density at radius 1 is 1.12 bits per heavy atom. The van der Waals surface area contributed by atoms with E-state index in [9.17, 15) is 9.59 Å². The summed E-state index contributed by atoms with van der Waals surface area (Å²) in [5.41, 5.74) is 3.20. The lowest BCUT2D eigenvalue weighted by Crippen LogP contribution is -2.35. The Kier molecular flexibility index (Phi) is 4.21. The summed E-state index contributed by atoms with van der Waals surface area (Å²) in [5, 5.41) is 3.76. The van der Waals surface area contributed by atoms with Gasteiger partial charge in [0.1, 0.15) is 5.58 Å². The van der Waals surface area contributed by atoms with Crippen LogP contribution in [0.2, 0.25) is 0 Å². The number of benzene rings is 2. The SMILES string of the molecule is Cc1ccc(NC(=O)c2cc3ccccc3o2)cc1N1CCCCC1=O. The lowest BCUT2D eigenvalue weighted by Gasteiger charge is -2.28. The molecule has 1 saturated heterocycles. The van der Waals surface area contributed by atoms with E-state index in [1.807, 2.05) is 54.3 Å². The molecule has 0 aliphatic carbocycles. The summed E-state index contributed by atoms with van der Waals surface area (Å²) in [5.74, 6) is 0.100. The van der Waals surface area contributed by atoms with Gasteiger partial charge in [0.15, 0.2) is 5.76 Å². The number of fused-ring (bicyclic) bond motifs is 1. The van der Waals surface area contributed by atoms with Crippen LogP contribution in [-0.2, 0) is 4.79 Å². The molecule has 0 saturated carbocycles. The largest absolute Gasteiger partial charge is 0.451 e. The van der Waals surface area contributed by atoms with Crippen LogP contribution in [0, 0.1) is 6.92 Å². The normalized spacial score (nSPS) is 14.7. The molecule has 4 rings (SSSR count). The van der Waals surface area contributed by atoms with Gasteiger partial charge < -0.3 is 14.6 Å². The van der Waals surface area contributed by atoms with E-state index in [-0.39, 0.29) is 17.6 Å². The summed E-state index contributed by atoms with van der Waals surface area (Å²) in [7, 11) is 0. The number of nitrogens with zero attached hydrogens (tertiary/aromatic N) is 1. The molecule has 0 atom stereocenters. The zero-order chi connectivity index (χ0) is 18.1. The fourth-order valence-corrected chi connectivity index (χ4v) is 3.33. The van der Waals surface area contributed by atoms with E-state index in [1.54, 1.807) is 6.07 Å². The average Bonchev–Trinajstić information content (AvgIpc) is 3.08. The van der Waals surface area contributed by atoms with Crippen LogP contribution < -0.4 is 10.2 Å². The van der Waals surface area contributed by atoms with Gasteiger partial charge in [0.2, 0.25) is 5.91 Å². The molecule has 1 fully saturated rings. The van der Waals surface area contributed by atoms with Gasteiger partial charge in [-0.2, -0.15) is 0 Å². The summed E-state index contributed by atoms with van der Waals surface area (Å²) >= 11 is 0. The third kappa shape index (κ3) is 3.08. The van der Waals surface area contributed by atoms with Crippen LogP contribution in [0.25, 0.3) is 11.0 Å². The zero-order valence-corrected chi connectivity index (χ0v) is 14.6. The Hall–Kier alpha value is -3.08. The van der Waals surface area contributed by atoms with Crippen LogP contribution in [0.15, 0.2) is 52.9 Å². The highest BCUT2D eigenvalue weighted by atomic mass is 16.3. The van der Waals surface area contributed by atoms with Crippen molar-refractivity contribution in [2.75, 3.05) is 16.8 Å². The van der Waals surface area contributed by atoms with E-state index in [0.29, 0.717) is 17.7 Å². The fourth-order valence-electron chi connectivity index (χ4n) is 3.33. The molecule has 0 bridgehead atoms. The Morgan fingerprint density at radius 3 is 2.77 bits per heavy atom. The maximum absolute atomic E-state index is 12.5. The Balaban J connectivity index is 1.58. The zero-order valence-electron chi connectivity index (χ0n) is 14.6. The highest BCUT2D eigenvalue weighted by Crippen LogP contribution is 2.28. The molecular weight excluding hydrogens is 328 g/mol. The van der Waals surface area contributed by atoms with Crippen LogP contribution in [0.1, 0.15) is 35.4 Å². The molecule has 26 heavy (non-hydrogen) atoms. The topological polar surface area (TPSA) is 62.6 Å². The number of amides is 2. The molecule has 0 spiro atoms. The first-order chi connectivity index (χ1) is 12.6. The van der Waals surface area contributed by atoms with Crippen molar-refractivity contribution in [2.24, 2.45) is 0 Å². The van der Waals surface area contributed by atoms with Gasteiger partial charge in [-0.05, 0) is 49.6 Å². The van der Waals surface area contributed by atoms with Crippen molar-refractivity contribution in [3.8, 4) is 0 Å². The van der Waals surface area contributed by atoms with Gasteiger partial charge in [0.05, 0.1) is 0 Å². The number of para-hydroxylation sites is 1. The summed E-state index contributed by atoms with van der Waals surface area (Å²) in [6, 6.07) is 14.9. The van der Waals surface area contributed by atoms with E-state index in [2.05, 4.69) is 5.32 Å². The van der Waals surface area contributed by atoms with Crippen molar-refractivity contribution in [1.29, 1.82) is 0 Å². The first-order valence-electron chi connectivity index (χ1n) is 8.83. The second-order valence-electron chi connectivity index (χ2n) is 6.61. The van der Waals surface area contributed by atoms with Crippen molar-refractivity contribution in [3.05, 3.63) is 59.9 Å². The number of furan rings is 1. The van der Waals surface area contributed by atoms with Gasteiger partial charge in [0.25, 0.3) is 5.91 Å². The summed E-state index contributed by atoms with van der Waals surface area (Å²) in [4.78, 5) is 26.6. The Bertz CT molecular complexity index is 957. The van der Waals surface area contributed by atoms with E-state index in [4.69, 9.17) is 4.42 Å². The maximum Gasteiger partial charge on any atom is 0.291 e. The molecule has 0 radical (unpaired) electrons. The molecule has 1 aromatic heterocycles. The number of hydrogen-bond donors (Lipinski definition) is 1. The van der Waals surface area contributed by atoms with Crippen LogP contribution in [-0.4, -0.2) is 18.4 Å². The molecule has 2 heterocycles. The Morgan fingerprint density at radius 2 is 1.96 bits per heavy atom. The van der Waals surface area contributed by atoms with Crippen LogP contribution in [0.4, 0.5) is 11.4 Å². The van der Waals surface area contributed by atoms with E-state index in [1.165, 1.54) is 0 Å². The number of rotatable bonds is 3. The number of piperidine rings is 1. The van der Waals surface area contributed by atoms with E-state index >= 15 is 0 Å². The molecule has 5 nitrogen and oxygen atoms in total. The average molecular weight is 348 g/mol. The smallest absolute Gasteiger partial charge is 0.291 e. The molecule has 0 unspecified atom stereocenters. The highest BCUT2D eigenvalue weighted by molar-refractivity contribution is 6.05. The summed E-state index contributed by atoms with van der Waals surface area (Å²) < 4.78 is 5.61. The van der Waals surface area contributed by atoms with Gasteiger partial charge in [-0.1, -0.05) is 24.3 Å². The minimum atomic E-state index is -0.305. The van der Waals surface area contributed by atoms with Crippen molar-refractivity contribution < 1.29 is 14.0 Å².